The Hall–Kier alpha value is -3.05. The first-order valence-electron chi connectivity index (χ1n) is 9.69. The highest BCUT2D eigenvalue weighted by molar-refractivity contribution is 7.99. The number of carbonyl (C=O) groups is 1. The van der Waals surface area contributed by atoms with Crippen LogP contribution in [0.25, 0.3) is 0 Å². The van der Waals surface area contributed by atoms with Crippen LogP contribution < -0.4 is 10.7 Å². The first-order valence-corrected chi connectivity index (χ1v) is 10.7. The molecular formula is C24H23N3OS. The molecule has 0 spiro atoms. The number of aryl methyl sites for hydroxylation is 1. The van der Waals surface area contributed by atoms with Gasteiger partial charge in [-0.2, -0.15) is 5.10 Å². The fourth-order valence-corrected chi connectivity index (χ4v) is 4.24. The van der Waals surface area contributed by atoms with Gasteiger partial charge in [0.2, 0.25) is 0 Å². The summed E-state index contributed by atoms with van der Waals surface area (Å²) >= 11 is 1.83. The second-order valence-electron chi connectivity index (χ2n) is 6.86. The average Bonchev–Trinajstić information content (AvgIpc) is 2.76. The van der Waals surface area contributed by atoms with Crippen molar-refractivity contribution in [3.63, 3.8) is 0 Å². The van der Waals surface area contributed by atoms with Gasteiger partial charge in [-0.25, -0.2) is 0 Å². The standard InChI is InChI=1S/C24H23N3OS/c1-3-29-24-20-12-8-7-11-19(20)22(26-27-24)18-14-13-16(2)21(15-18)25-23(28)17-9-5-4-6-10-17/h4-15,24,27H,3H2,1-2H3,(H,25,28)/t24-/m0/s1. The summed E-state index contributed by atoms with van der Waals surface area (Å²) in [5.41, 5.74) is 9.96. The number of amides is 1. The van der Waals surface area contributed by atoms with Crippen LogP contribution in [0, 0.1) is 6.92 Å². The van der Waals surface area contributed by atoms with E-state index >= 15 is 0 Å². The number of hydrogen-bond donors (Lipinski definition) is 2. The van der Waals surface area contributed by atoms with Crippen LogP contribution in [0.3, 0.4) is 0 Å². The number of fused-ring (bicyclic) bond motifs is 1. The summed E-state index contributed by atoms with van der Waals surface area (Å²) in [7, 11) is 0. The molecular weight excluding hydrogens is 378 g/mol. The molecule has 3 aromatic rings. The molecule has 4 nitrogen and oxygen atoms in total. The maximum Gasteiger partial charge on any atom is 0.255 e. The van der Waals surface area contributed by atoms with Crippen LogP contribution in [0.4, 0.5) is 5.69 Å². The van der Waals surface area contributed by atoms with E-state index in [9.17, 15) is 4.79 Å². The smallest absolute Gasteiger partial charge is 0.255 e. The fraction of sp³-hybridized carbons (Fsp3) is 0.167. The summed E-state index contributed by atoms with van der Waals surface area (Å²) < 4.78 is 0. The molecule has 1 aliphatic rings. The zero-order valence-electron chi connectivity index (χ0n) is 16.5. The van der Waals surface area contributed by atoms with Gasteiger partial charge in [0.15, 0.2) is 0 Å². The number of benzene rings is 3. The molecule has 5 heteroatoms. The number of hydrazone groups is 1. The van der Waals surface area contributed by atoms with Gasteiger partial charge in [0.05, 0.1) is 5.71 Å². The summed E-state index contributed by atoms with van der Waals surface area (Å²) in [6.07, 6.45) is 0. The monoisotopic (exact) mass is 401 g/mol. The lowest BCUT2D eigenvalue weighted by atomic mass is 9.95. The molecule has 2 N–H and O–H groups in total. The summed E-state index contributed by atoms with van der Waals surface area (Å²) in [5, 5.41) is 7.88. The summed E-state index contributed by atoms with van der Waals surface area (Å²) in [5.74, 6) is 0.895. The van der Waals surface area contributed by atoms with Crippen LogP contribution in [0.2, 0.25) is 0 Å². The van der Waals surface area contributed by atoms with Crippen molar-refractivity contribution in [3.8, 4) is 0 Å². The van der Waals surface area contributed by atoms with Crippen LogP contribution in [-0.4, -0.2) is 17.4 Å². The molecule has 29 heavy (non-hydrogen) atoms. The summed E-state index contributed by atoms with van der Waals surface area (Å²) in [4.78, 5) is 12.6. The number of anilines is 1. The summed E-state index contributed by atoms with van der Waals surface area (Å²) in [6, 6.07) is 23.7. The minimum Gasteiger partial charge on any atom is -0.322 e. The lowest BCUT2D eigenvalue weighted by Crippen LogP contribution is -2.25. The van der Waals surface area contributed by atoms with Crippen molar-refractivity contribution in [3.05, 3.63) is 101 Å². The molecule has 0 bridgehead atoms. The van der Waals surface area contributed by atoms with E-state index in [-0.39, 0.29) is 11.3 Å². The van der Waals surface area contributed by atoms with Gasteiger partial charge in [0, 0.05) is 22.4 Å². The predicted octanol–water partition coefficient (Wildman–Crippen LogP) is 5.35. The molecule has 0 aromatic heterocycles. The van der Waals surface area contributed by atoms with Gasteiger partial charge in [-0.3, -0.25) is 10.2 Å². The molecule has 1 heterocycles. The van der Waals surface area contributed by atoms with Gasteiger partial charge >= 0.3 is 0 Å². The minimum atomic E-state index is -0.116. The first-order chi connectivity index (χ1) is 14.2. The average molecular weight is 402 g/mol. The van der Waals surface area contributed by atoms with Crippen molar-refractivity contribution in [1.29, 1.82) is 0 Å². The number of thioether (sulfide) groups is 1. The maximum absolute atomic E-state index is 12.6. The van der Waals surface area contributed by atoms with Crippen LogP contribution in [0.15, 0.2) is 77.9 Å². The van der Waals surface area contributed by atoms with E-state index < -0.39 is 0 Å². The molecule has 0 saturated carbocycles. The Morgan fingerprint density at radius 1 is 1.07 bits per heavy atom. The van der Waals surface area contributed by atoms with Crippen LogP contribution in [0.1, 0.15) is 44.9 Å². The molecule has 1 amide bonds. The Bertz CT molecular complexity index is 1060. The molecule has 0 aliphatic carbocycles. The number of nitrogens with one attached hydrogen (secondary N) is 2. The topological polar surface area (TPSA) is 53.5 Å². The van der Waals surface area contributed by atoms with E-state index in [1.807, 2.05) is 67.2 Å². The third-order valence-corrected chi connectivity index (χ3v) is 5.95. The largest absolute Gasteiger partial charge is 0.322 e. The highest BCUT2D eigenvalue weighted by Gasteiger charge is 2.23. The van der Waals surface area contributed by atoms with Gasteiger partial charge in [-0.15, -0.1) is 11.8 Å². The van der Waals surface area contributed by atoms with Crippen molar-refractivity contribution < 1.29 is 4.79 Å². The van der Waals surface area contributed by atoms with Gasteiger partial charge in [0.1, 0.15) is 5.37 Å². The Morgan fingerprint density at radius 3 is 2.62 bits per heavy atom. The third-order valence-electron chi connectivity index (χ3n) is 4.92. The Morgan fingerprint density at radius 2 is 1.83 bits per heavy atom. The third kappa shape index (κ3) is 4.05. The number of nitrogens with zero attached hydrogens (tertiary/aromatic N) is 1. The number of carbonyl (C=O) groups excluding carboxylic acids is 1. The van der Waals surface area contributed by atoms with Crippen molar-refractivity contribution in [2.24, 2.45) is 5.10 Å². The second-order valence-corrected chi connectivity index (χ2v) is 8.24. The zero-order valence-corrected chi connectivity index (χ0v) is 17.3. The van der Waals surface area contributed by atoms with E-state index in [1.165, 1.54) is 5.56 Å². The van der Waals surface area contributed by atoms with Crippen molar-refractivity contribution in [2.75, 3.05) is 11.1 Å². The first kappa shape index (κ1) is 19.3. The highest BCUT2D eigenvalue weighted by atomic mass is 32.2. The molecule has 0 fully saturated rings. The van der Waals surface area contributed by atoms with Gasteiger partial charge in [-0.1, -0.05) is 61.5 Å². The zero-order chi connectivity index (χ0) is 20.2. The molecule has 0 radical (unpaired) electrons. The van der Waals surface area contributed by atoms with E-state index in [2.05, 4.69) is 47.0 Å². The highest BCUT2D eigenvalue weighted by Crippen LogP contribution is 2.33. The lowest BCUT2D eigenvalue weighted by molar-refractivity contribution is 0.102. The Balaban J connectivity index is 1.66. The minimum absolute atomic E-state index is 0.116. The molecule has 4 rings (SSSR count). The molecule has 0 unspecified atom stereocenters. The Kier molecular flexibility index (Phi) is 5.67. The fourth-order valence-electron chi connectivity index (χ4n) is 3.40. The van der Waals surface area contributed by atoms with Gasteiger partial charge in [-0.05, 0) is 42.0 Å². The van der Waals surface area contributed by atoms with Crippen molar-refractivity contribution in [1.82, 2.24) is 5.43 Å². The molecule has 3 aromatic carbocycles. The predicted molar refractivity (Wildman–Crippen MR) is 122 cm³/mol. The molecule has 0 saturated heterocycles. The normalized spacial score (nSPS) is 15.1. The van der Waals surface area contributed by atoms with E-state index in [4.69, 9.17) is 0 Å². The van der Waals surface area contributed by atoms with Crippen LogP contribution >= 0.6 is 11.8 Å². The van der Waals surface area contributed by atoms with E-state index in [0.717, 1.165) is 33.8 Å². The Labute approximate surface area is 175 Å². The van der Waals surface area contributed by atoms with E-state index in [0.29, 0.717) is 5.56 Å². The van der Waals surface area contributed by atoms with Crippen molar-refractivity contribution in [2.45, 2.75) is 19.2 Å². The SMILES string of the molecule is CCS[C@@H]1NN=C(c2ccc(C)c(NC(=O)c3ccccc3)c2)c2ccccc21. The quantitative estimate of drug-likeness (QED) is 0.605. The number of hydrogen-bond acceptors (Lipinski definition) is 4. The second kappa shape index (κ2) is 8.53. The lowest BCUT2D eigenvalue weighted by Gasteiger charge is -2.26. The summed E-state index contributed by atoms with van der Waals surface area (Å²) in [6.45, 7) is 4.14. The van der Waals surface area contributed by atoms with Crippen LogP contribution in [-0.2, 0) is 0 Å². The van der Waals surface area contributed by atoms with Crippen LogP contribution in [0.5, 0.6) is 0 Å². The maximum atomic E-state index is 12.6. The van der Waals surface area contributed by atoms with Gasteiger partial charge in [0.25, 0.3) is 5.91 Å². The molecule has 146 valence electrons. The van der Waals surface area contributed by atoms with Crippen molar-refractivity contribution >= 4 is 29.1 Å². The van der Waals surface area contributed by atoms with Gasteiger partial charge < -0.3 is 5.32 Å². The molecule has 1 atom stereocenters. The van der Waals surface area contributed by atoms with E-state index in [1.54, 1.807) is 0 Å². The molecule has 1 aliphatic heterocycles. The number of rotatable bonds is 5.